The summed E-state index contributed by atoms with van der Waals surface area (Å²) in [4.78, 5) is 10.8. The van der Waals surface area contributed by atoms with Crippen LogP contribution in [0.4, 0.5) is 0 Å². The molecule has 3 heteroatoms. The Morgan fingerprint density at radius 1 is 0.327 bits per heavy atom. The smallest absolute Gasteiger partial charge is 0.161 e. The van der Waals surface area contributed by atoms with E-state index >= 15 is 0 Å². The predicted octanol–water partition coefficient (Wildman–Crippen LogP) is 13.0. The molecule has 0 atom stereocenters. The third-order valence-electron chi connectivity index (χ3n) is 9.68. The van der Waals surface area contributed by atoms with Gasteiger partial charge in [-0.3, -0.25) is 0 Å². The van der Waals surface area contributed by atoms with Gasteiger partial charge in [-0.15, -0.1) is 11.3 Å². The molecule has 0 fully saturated rings. The van der Waals surface area contributed by atoms with E-state index in [0.29, 0.717) is 0 Å². The zero-order valence-electron chi connectivity index (χ0n) is 26.5. The van der Waals surface area contributed by atoms with Crippen LogP contribution < -0.4 is 0 Å². The molecule has 0 saturated heterocycles. The zero-order valence-corrected chi connectivity index (χ0v) is 27.3. The maximum absolute atomic E-state index is 5.40. The summed E-state index contributed by atoms with van der Waals surface area (Å²) >= 11 is 1.83. The van der Waals surface area contributed by atoms with Crippen LogP contribution in [-0.2, 0) is 0 Å². The van der Waals surface area contributed by atoms with Crippen LogP contribution in [0.1, 0.15) is 0 Å². The van der Waals surface area contributed by atoms with Crippen LogP contribution in [0.2, 0.25) is 0 Å². The Labute approximate surface area is 287 Å². The van der Waals surface area contributed by atoms with Gasteiger partial charge in [0.05, 0.1) is 11.4 Å². The topological polar surface area (TPSA) is 25.8 Å². The van der Waals surface area contributed by atoms with Gasteiger partial charge in [-0.25, -0.2) is 9.97 Å². The van der Waals surface area contributed by atoms with Crippen molar-refractivity contribution in [2.45, 2.75) is 0 Å². The second-order valence-electron chi connectivity index (χ2n) is 12.6. The standard InChI is InChI=1S/C46H28N2S/c1-2-10-29(11-3-1)30-18-20-32(21-19-30)41-28-42(34-23-24-38-37-16-8-9-17-43(37)49-44(38)27-34)48-46(47-41)45-36-15-7-5-13-33(36)26-40-35-14-6-4-12-31(35)22-25-39(40)45/h1-28H. The Hall–Kier alpha value is -6.16. The third-order valence-corrected chi connectivity index (χ3v) is 10.8. The summed E-state index contributed by atoms with van der Waals surface area (Å²) in [6.45, 7) is 0. The molecule has 0 N–H and O–H groups in total. The first kappa shape index (κ1) is 27.9. The lowest BCUT2D eigenvalue weighted by Crippen LogP contribution is -1.98. The van der Waals surface area contributed by atoms with Gasteiger partial charge in [0.1, 0.15) is 0 Å². The van der Waals surface area contributed by atoms with Gasteiger partial charge in [-0.2, -0.15) is 0 Å². The summed E-state index contributed by atoms with van der Waals surface area (Å²) in [6.07, 6.45) is 0. The van der Waals surface area contributed by atoms with Crippen molar-refractivity contribution in [2.75, 3.05) is 0 Å². The van der Waals surface area contributed by atoms with Crippen molar-refractivity contribution >= 4 is 63.8 Å². The predicted molar refractivity (Wildman–Crippen MR) is 209 cm³/mol. The number of nitrogens with zero attached hydrogens (tertiary/aromatic N) is 2. The molecule has 0 spiro atoms. The molecule has 49 heavy (non-hydrogen) atoms. The highest BCUT2D eigenvalue weighted by atomic mass is 32.1. The summed E-state index contributed by atoms with van der Waals surface area (Å²) < 4.78 is 2.56. The molecular formula is C46H28N2S. The fourth-order valence-electron chi connectivity index (χ4n) is 7.27. The molecule has 8 aromatic carbocycles. The van der Waals surface area contributed by atoms with E-state index in [1.165, 1.54) is 52.8 Å². The molecule has 2 aromatic heterocycles. The molecule has 10 aromatic rings. The average Bonchev–Trinajstić information content (AvgIpc) is 3.55. The molecule has 0 aliphatic heterocycles. The lowest BCUT2D eigenvalue weighted by molar-refractivity contribution is 1.19. The first-order chi connectivity index (χ1) is 24.3. The third kappa shape index (κ3) is 4.70. The van der Waals surface area contributed by atoms with Crippen LogP contribution in [0, 0.1) is 0 Å². The highest BCUT2D eigenvalue weighted by Gasteiger charge is 2.18. The maximum atomic E-state index is 5.40. The zero-order chi connectivity index (χ0) is 32.3. The number of aromatic nitrogens is 2. The van der Waals surface area contributed by atoms with Gasteiger partial charge in [-0.05, 0) is 67.7 Å². The van der Waals surface area contributed by atoms with Crippen molar-refractivity contribution in [3.63, 3.8) is 0 Å². The summed E-state index contributed by atoms with van der Waals surface area (Å²) in [5.74, 6) is 0.730. The number of fused-ring (bicyclic) bond motifs is 7. The average molecular weight is 641 g/mol. The van der Waals surface area contributed by atoms with Crippen molar-refractivity contribution in [2.24, 2.45) is 0 Å². The summed E-state index contributed by atoms with van der Waals surface area (Å²) in [7, 11) is 0. The van der Waals surface area contributed by atoms with Crippen LogP contribution in [0.15, 0.2) is 170 Å². The molecule has 0 bridgehead atoms. The van der Waals surface area contributed by atoms with Crippen LogP contribution >= 0.6 is 11.3 Å². The monoisotopic (exact) mass is 640 g/mol. The van der Waals surface area contributed by atoms with Crippen LogP contribution in [0.25, 0.3) is 97.5 Å². The molecule has 0 saturated carbocycles. The molecular weight excluding hydrogens is 613 g/mol. The molecule has 0 aliphatic carbocycles. The molecule has 0 amide bonds. The van der Waals surface area contributed by atoms with Gasteiger partial charge in [-0.1, -0.05) is 146 Å². The number of hydrogen-bond acceptors (Lipinski definition) is 3. The summed E-state index contributed by atoms with van der Waals surface area (Å²) in [6, 6.07) is 60.8. The number of thiophene rings is 1. The van der Waals surface area contributed by atoms with Crippen molar-refractivity contribution in [3.8, 4) is 45.0 Å². The molecule has 0 radical (unpaired) electrons. The number of rotatable bonds is 4. The quantitative estimate of drug-likeness (QED) is 0.141. The second-order valence-corrected chi connectivity index (χ2v) is 13.7. The van der Waals surface area contributed by atoms with Gasteiger partial charge in [0.2, 0.25) is 0 Å². The van der Waals surface area contributed by atoms with E-state index in [1.54, 1.807) is 0 Å². The Morgan fingerprint density at radius 2 is 0.918 bits per heavy atom. The van der Waals surface area contributed by atoms with E-state index < -0.39 is 0 Å². The highest BCUT2D eigenvalue weighted by molar-refractivity contribution is 7.25. The molecule has 0 unspecified atom stereocenters. The van der Waals surface area contributed by atoms with Crippen molar-refractivity contribution in [3.05, 3.63) is 170 Å². The Balaban J connectivity index is 1.24. The summed E-state index contributed by atoms with van der Waals surface area (Å²) in [5, 5.41) is 9.72. The minimum Gasteiger partial charge on any atom is -0.228 e. The van der Waals surface area contributed by atoms with Gasteiger partial charge in [0.25, 0.3) is 0 Å². The largest absolute Gasteiger partial charge is 0.228 e. The van der Waals surface area contributed by atoms with Gasteiger partial charge < -0.3 is 0 Å². The van der Waals surface area contributed by atoms with Crippen molar-refractivity contribution in [1.29, 1.82) is 0 Å². The first-order valence-electron chi connectivity index (χ1n) is 16.6. The Bertz CT molecular complexity index is 2870. The SMILES string of the molecule is c1ccc(-c2ccc(-c3cc(-c4ccc5c(c4)sc4ccccc45)nc(-c4c5ccccc5cc5c4ccc4ccccc45)n3)cc2)cc1. The molecule has 2 heterocycles. The van der Waals surface area contributed by atoms with E-state index in [4.69, 9.17) is 9.97 Å². The lowest BCUT2D eigenvalue weighted by atomic mass is 9.92. The number of benzene rings is 8. The summed E-state index contributed by atoms with van der Waals surface area (Å²) in [5.41, 5.74) is 7.39. The Morgan fingerprint density at radius 3 is 1.76 bits per heavy atom. The van der Waals surface area contributed by atoms with Crippen molar-refractivity contribution in [1.82, 2.24) is 9.97 Å². The fraction of sp³-hybridized carbons (Fsp3) is 0. The van der Waals surface area contributed by atoms with E-state index in [-0.39, 0.29) is 0 Å². The highest BCUT2D eigenvalue weighted by Crippen LogP contribution is 2.41. The Kier molecular flexibility index (Phi) is 6.39. The van der Waals surface area contributed by atoms with Gasteiger partial charge in [0.15, 0.2) is 5.82 Å². The molecule has 2 nitrogen and oxygen atoms in total. The van der Waals surface area contributed by atoms with E-state index in [2.05, 4.69) is 170 Å². The molecule has 10 rings (SSSR count). The van der Waals surface area contributed by atoms with Gasteiger partial charge in [0, 0.05) is 36.9 Å². The first-order valence-corrected chi connectivity index (χ1v) is 17.4. The lowest BCUT2D eigenvalue weighted by Gasteiger charge is -2.15. The van der Waals surface area contributed by atoms with E-state index in [0.717, 1.165) is 44.7 Å². The maximum Gasteiger partial charge on any atom is 0.161 e. The van der Waals surface area contributed by atoms with Crippen LogP contribution in [-0.4, -0.2) is 9.97 Å². The van der Waals surface area contributed by atoms with Crippen LogP contribution in [0.3, 0.4) is 0 Å². The van der Waals surface area contributed by atoms with Crippen molar-refractivity contribution < 1.29 is 0 Å². The minimum absolute atomic E-state index is 0.730. The normalized spacial score (nSPS) is 11.7. The van der Waals surface area contributed by atoms with E-state index in [9.17, 15) is 0 Å². The minimum atomic E-state index is 0.730. The molecule has 228 valence electrons. The van der Waals surface area contributed by atoms with Gasteiger partial charge >= 0.3 is 0 Å². The number of hydrogen-bond donors (Lipinski definition) is 0. The fourth-order valence-corrected chi connectivity index (χ4v) is 8.41. The van der Waals surface area contributed by atoms with E-state index in [1.807, 2.05) is 11.3 Å². The second kappa shape index (κ2) is 11.2. The molecule has 0 aliphatic rings. The van der Waals surface area contributed by atoms with Crippen LogP contribution in [0.5, 0.6) is 0 Å².